The van der Waals surface area contributed by atoms with Crippen molar-refractivity contribution in [1.29, 1.82) is 0 Å². The molecular formula is C14H23NO2. The van der Waals surface area contributed by atoms with Crippen molar-refractivity contribution >= 4 is 0 Å². The quantitative estimate of drug-likeness (QED) is 0.742. The molecule has 17 heavy (non-hydrogen) atoms. The number of rotatable bonds is 7. The molecule has 3 heteroatoms. The molecule has 0 saturated heterocycles. The summed E-state index contributed by atoms with van der Waals surface area (Å²) in [6, 6.07) is 7.86. The summed E-state index contributed by atoms with van der Waals surface area (Å²) in [5.41, 5.74) is 6.91. The van der Waals surface area contributed by atoms with Crippen LogP contribution in [0, 0.1) is 5.92 Å². The van der Waals surface area contributed by atoms with Crippen LogP contribution in [0.5, 0.6) is 5.75 Å². The van der Waals surface area contributed by atoms with Crippen LogP contribution in [-0.2, 0) is 4.74 Å². The van der Waals surface area contributed by atoms with Gasteiger partial charge in [0.05, 0.1) is 6.61 Å². The first-order chi connectivity index (χ1) is 8.11. The Bertz CT molecular complexity index is 324. The summed E-state index contributed by atoms with van der Waals surface area (Å²) >= 11 is 0. The summed E-state index contributed by atoms with van der Waals surface area (Å²) in [4.78, 5) is 0. The maximum atomic E-state index is 5.87. The molecule has 0 aliphatic heterocycles. The van der Waals surface area contributed by atoms with Crippen LogP contribution in [0.4, 0.5) is 0 Å². The van der Waals surface area contributed by atoms with Crippen LogP contribution in [0.3, 0.4) is 0 Å². The summed E-state index contributed by atoms with van der Waals surface area (Å²) in [5.74, 6) is 1.42. The standard InChI is InChI=1S/C14H23NO2/c1-11(2)10-16-8-9-17-14-7-5-4-6-13(14)12(3)15/h4-7,11-12H,8-10,15H2,1-3H3. The van der Waals surface area contributed by atoms with Gasteiger partial charge in [0.2, 0.25) is 0 Å². The van der Waals surface area contributed by atoms with Crippen LogP contribution in [-0.4, -0.2) is 19.8 Å². The van der Waals surface area contributed by atoms with Crippen molar-refractivity contribution in [1.82, 2.24) is 0 Å². The molecule has 1 aromatic rings. The normalized spacial score (nSPS) is 12.8. The van der Waals surface area contributed by atoms with Crippen LogP contribution in [0.2, 0.25) is 0 Å². The van der Waals surface area contributed by atoms with Gasteiger partial charge in [-0.1, -0.05) is 32.0 Å². The fourth-order valence-corrected chi connectivity index (χ4v) is 1.52. The average molecular weight is 237 g/mol. The third-order valence-corrected chi connectivity index (χ3v) is 2.35. The predicted octanol–water partition coefficient (Wildman–Crippen LogP) is 2.76. The molecule has 0 aromatic heterocycles. The molecule has 0 aliphatic carbocycles. The summed E-state index contributed by atoms with van der Waals surface area (Å²) < 4.78 is 11.1. The summed E-state index contributed by atoms with van der Waals surface area (Å²) in [6.45, 7) is 8.18. The van der Waals surface area contributed by atoms with E-state index in [1.807, 2.05) is 31.2 Å². The summed E-state index contributed by atoms with van der Waals surface area (Å²) in [6.07, 6.45) is 0. The van der Waals surface area contributed by atoms with Crippen molar-refractivity contribution in [2.45, 2.75) is 26.8 Å². The van der Waals surface area contributed by atoms with Crippen molar-refractivity contribution < 1.29 is 9.47 Å². The van der Waals surface area contributed by atoms with Gasteiger partial charge in [0.15, 0.2) is 0 Å². The highest BCUT2D eigenvalue weighted by Crippen LogP contribution is 2.22. The summed E-state index contributed by atoms with van der Waals surface area (Å²) in [5, 5.41) is 0. The highest BCUT2D eigenvalue weighted by molar-refractivity contribution is 5.35. The van der Waals surface area contributed by atoms with E-state index in [2.05, 4.69) is 13.8 Å². The highest BCUT2D eigenvalue weighted by Gasteiger charge is 2.06. The van der Waals surface area contributed by atoms with Crippen molar-refractivity contribution in [3.05, 3.63) is 29.8 Å². The van der Waals surface area contributed by atoms with Crippen molar-refractivity contribution in [2.75, 3.05) is 19.8 Å². The zero-order valence-corrected chi connectivity index (χ0v) is 11.0. The monoisotopic (exact) mass is 237 g/mol. The lowest BCUT2D eigenvalue weighted by Gasteiger charge is -2.14. The predicted molar refractivity (Wildman–Crippen MR) is 70.2 cm³/mol. The Labute approximate surface area is 104 Å². The molecule has 0 amide bonds. The van der Waals surface area contributed by atoms with Crippen molar-refractivity contribution in [3.8, 4) is 5.75 Å². The minimum absolute atomic E-state index is 0.0113. The van der Waals surface area contributed by atoms with Gasteiger partial charge < -0.3 is 15.2 Å². The van der Waals surface area contributed by atoms with E-state index in [-0.39, 0.29) is 6.04 Å². The first kappa shape index (κ1) is 14.0. The van der Waals surface area contributed by atoms with Gasteiger partial charge in [-0.05, 0) is 18.9 Å². The van der Waals surface area contributed by atoms with Gasteiger partial charge in [-0.2, -0.15) is 0 Å². The van der Waals surface area contributed by atoms with E-state index in [1.54, 1.807) is 0 Å². The number of hydrogen-bond donors (Lipinski definition) is 1. The number of para-hydroxylation sites is 1. The first-order valence-corrected chi connectivity index (χ1v) is 6.16. The Hall–Kier alpha value is -1.06. The Morgan fingerprint density at radius 1 is 1.12 bits per heavy atom. The lowest BCUT2D eigenvalue weighted by molar-refractivity contribution is 0.0815. The minimum atomic E-state index is -0.0113. The largest absolute Gasteiger partial charge is 0.491 e. The van der Waals surface area contributed by atoms with Crippen LogP contribution in [0.15, 0.2) is 24.3 Å². The van der Waals surface area contributed by atoms with Crippen molar-refractivity contribution in [3.63, 3.8) is 0 Å². The van der Waals surface area contributed by atoms with Gasteiger partial charge in [0, 0.05) is 18.2 Å². The minimum Gasteiger partial charge on any atom is -0.491 e. The van der Waals surface area contributed by atoms with Gasteiger partial charge in [0.25, 0.3) is 0 Å². The SMILES string of the molecule is CC(C)COCCOc1ccccc1C(C)N. The maximum Gasteiger partial charge on any atom is 0.124 e. The van der Waals surface area contributed by atoms with E-state index < -0.39 is 0 Å². The van der Waals surface area contributed by atoms with Gasteiger partial charge in [-0.15, -0.1) is 0 Å². The molecule has 1 unspecified atom stereocenters. The second-order valence-corrected chi connectivity index (χ2v) is 4.64. The number of benzene rings is 1. The molecule has 0 aliphatic rings. The molecule has 0 saturated carbocycles. The van der Waals surface area contributed by atoms with Crippen molar-refractivity contribution in [2.24, 2.45) is 11.7 Å². The third-order valence-electron chi connectivity index (χ3n) is 2.35. The number of ether oxygens (including phenoxy) is 2. The second-order valence-electron chi connectivity index (χ2n) is 4.64. The zero-order chi connectivity index (χ0) is 12.7. The van der Waals surface area contributed by atoms with E-state index in [0.717, 1.165) is 17.9 Å². The summed E-state index contributed by atoms with van der Waals surface area (Å²) in [7, 11) is 0. The van der Waals surface area contributed by atoms with Crippen LogP contribution < -0.4 is 10.5 Å². The van der Waals surface area contributed by atoms with Crippen LogP contribution in [0.1, 0.15) is 32.4 Å². The Morgan fingerprint density at radius 3 is 2.47 bits per heavy atom. The second kappa shape index (κ2) is 7.30. The van der Waals surface area contributed by atoms with E-state index in [1.165, 1.54) is 0 Å². The van der Waals surface area contributed by atoms with E-state index in [9.17, 15) is 0 Å². The van der Waals surface area contributed by atoms with Gasteiger partial charge in [0.1, 0.15) is 12.4 Å². The molecule has 0 spiro atoms. The lowest BCUT2D eigenvalue weighted by atomic mass is 10.1. The fourth-order valence-electron chi connectivity index (χ4n) is 1.52. The topological polar surface area (TPSA) is 44.5 Å². The smallest absolute Gasteiger partial charge is 0.124 e. The molecule has 0 fully saturated rings. The lowest BCUT2D eigenvalue weighted by Crippen LogP contribution is -2.12. The molecular weight excluding hydrogens is 214 g/mol. The number of nitrogens with two attached hydrogens (primary N) is 1. The van der Waals surface area contributed by atoms with E-state index in [0.29, 0.717) is 19.1 Å². The van der Waals surface area contributed by atoms with Crippen LogP contribution >= 0.6 is 0 Å². The average Bonchev–Trinajstić information content (AvgIpc) is 2.28. The fraction of sp³-hybridized carbons (Fsp3) is 0.571. The molecule has 0 radical (unpaired) electrons. The molecule has 2 N–H and O–H groups in total. The molecule has 3 nitrogen and oxygen atoms in total. The first-order valence-electron chi connectivity index (χ1n) is 6.16. The Morgan fingerprint density at radius 2 is 1.82 bits per heavy atom. The molecule has 96 valence electrons. The molecule has 1 aromatic carbocycles. The zero-order valence-electron chi connectivity index (χ0n) is 11.0. The Kier molecular flexibility index (Phi) is 6.01. The van der Waals surface area contributed by atoms with E-state index >= 15 is 0 Å². The van der Waals surface area contributed by atoms with Crippen LogP contribution in [0.25, 0.3) is 0 Å². The maximum absolute atomic E-state index is 5.87. The highest BCUT2D eigenvalue weighted by atomic mass is 16.5. The van der Waals surface area contributed by atoms with Gasteiger partial charge in [-0.3, -0.25) is 0 Å². The van der Waals surface area contributed by atoms with Gasteiger partial charge >= 0.3 is 0 Å². The molecule has 1 rings (SSSR count). The molecule has 1 atom stereocenters. The Balaban J connectivity index is 2.36. The van der Waals surface area contributed by atoms with E-state index in [4.69, 9.17) is 15.2 Å². The number of hydrogen-bond acceptors (Lipinski definition) is 3. The molecule has 0 heterocycles. The molecule has 0 bridgehead atoms. The third kappa shape index (κ3) is 5.20. The van der Waals surface area contributed by atoms with Gasteiger partial charge in [-0.25, -0.2) is 0 Å².